The van der Waals surface area contributed by atoms with Gasteiger partial charge in [0.15, 0.2) is 0 Å². The van der Waals surface area contributed by atoms with E-state index in [1.807, 2.05) is 0 Å². The Morgan fingerprint density at radius 2 is 2.17 bits per heavy atom. The number of aliphatic hydroxyl groups is 1. The summed E-state index contributed by atoms with van der Waals surface area (Å²) in [6, 6.07) is 8.99. The molecule has 3 heteroatoms. The van der Waals surface area contributed by atoms with Crippen LogP contribution >= 0.6 is 0 Å². The molecule has 3 N–H and O–H groups in total. The first-order valence-electron chi connectivity index (χ1n) is 6.80. The molecule has 18 heavy (non-hydrogen) atoms. The second-order valence-electron chi connectivity index (χ2n) is 5.15. The third-order valence-electron chi connectivity index (χ3n) is 3.88. The van der Waals surface area contributed by atoms with Gasteiger partial charge in [-0.1, -0.05) is 31.5 Å². The summed E-state index contributed by atoms with van der Waals surface area (Å²) >= 11 is 0. The number of fused-ring (bicyclic) bond motifs is 3. The predicted molar refractivity (Wildman–Crippen MR) is 73.7 cm³/mol. The lowest BCUT2D eigenvalue weighted by atomic mass is 9.92. The lowest BCUT2D eigenvalue weighted by molar-refractivity contribution is 0.219. The first kappa shape index (κ1) is 11.8. The van der Waals surface area contributed by atoms with E-state index in [2.05, 4.69) is 41.5 Å². The van der Waals surface area contributed by atoms with Crippen molar-refractivity contribution in [1.82, 2.24) is 10.3 Å². The highest BCUT2D eigenvalue weighted by molar-refractivity contribution is 5.85. The lowest BCUT2D eigenvalue weighted by Gasteiger charge is -2.30. The van der Waals surface area contributed by atoms with Crippen molar-refractivity contribution in [3.63, 3.8) is 0 Å². The van der Waals surface area contributed by atoms with Crippen LogP contribution in [-0.4, -0.2) is 22.7 Å². The van der Waals surface area contributed by atoms with Crippen molar-refractivity contribution in [3.05, 3.63) is 35.5 Å². The van der Waals surface area contributed by atoms with E-state index in [1.165, 1.54) is 22.2 Å². The van der Waals surface area contributed by atoms with Gasteiger partial charge in [-0.05, 0) is 24.5 Å². The molecule has 2 atom stereocenters. The Labute approximate surface area is 107 Å². The number of rotatable bonds is 3. The zero-order valence-electron chi connectivity index (χ0n) is 10.7. The molecular weight excluding hydrogens is 224 g/mol. The summed E-state index contributed by atoms with van der Waals surface area (Å²) in [4.78, 5) is 3.55. The fourth-order valence-corrected chi connectivity index (χ4v) is 3.05. The Morgan fingerprint density at radius 3 is 2.94 bits per heavy atom. The van der Waals surface area contributed by atoms with E-state index in [0.717, 1.165) is 19.3 Å². The van der Waals surface area contributed by atoms with Crippen LogP contribution < -0.4 is 5.32 Å². The topological polar surface area (TPSA) is 48.0 Å². The van der Waals surface area contributed by atoms with Gasteiger partial charge in [-0.15, -0.1) is 0 Å². The second kappa shape index (κ2) is 4.75. The van der Waals surface area contributed by atoms with Gasteiger partial charge in [0.05, 0.1) is 6.61 Å². The fraction of sp³-hybridized carbons (Fsp3) is 0.467. The number of aliphatic hydroxyl groups excluding tert-OH is 1. The molecule has 2 aromatic rings. The zero-order valence-corrected chi connectivity index (χ0v) is 10.7. The molecule has 1 aliphatic rings. The van der Waals surface area contributed by atoms with Gasteiger partial charge in [0.2, 0.25) is 0 Å². The van der Waals surface area contributed by atoms with Crippen molar-refractivity contribution in [2.45, 2.75) is 38.3 Å². The third-order valence-corrected chi connectivity index (χ3v) is 3.88. The molecule has 0 saturated carbocycles. The Kier molecular flexibility index (Phi) is 3.10. The van der Waals surface area contributed by atoms with Gasteiger partial charge in [0.25, 0.3) is 0 Å². The van der Waals surface area contributed by atoms with Crippen LogP contribution in [0.5, 0.6) is 0 Å². The first-order valence-corrected chi connectivity index (χ1v) is 6.80. The van der Waals surface area contributed by atoms with Crippen LogP contribution in [-0.2, 0) is 6.42 Å². The van der Waals surface area contributed by atoms with Crippen molar-refractivity contribution < 1.29 is 5.11 Å². The Balaban J connectivity index is 2.10. The predicted octanol–water partition coefficient (Wildman–Crippen LogP) is 2.52. The van der Waals surface area contributed by atoms with Gasteiger partial charge in [0, 0.05) is 28.7 Å². The normalized spacial score (nSPS) is 23.2. The van der Waals surface area contributed by atoms with Gasteiger partial charge < -0.3 is 15.4 Å². The van der Waals surface area contributed by atoms with E-state index in [1.54, 1.807) is 0 Å². The van der Waals surface area contributed by atoms with Gasteiger partial charge in [-0.3, -0.25) is 0 Å². The molecule has 3 rings (SSSR count). The molecule has 3 nitrogen and oxygen atoms in total. The Hall–Kier alpha value is -1.32. The van der Waals surface area contributed by atoms with E-state index >= 15 is 0 Å². The molecule has 0 bridgehead atoms. The minimum absolute atomic E-state index is 0.188. The number of benzene rings is 1. The average Bonchev–Trinajstić information content (AvgIpc) is 2.78. The van der Waals surface area contributed by atoms with Gasteiger partial charge >= 0.3 is 0 Å². The molecule has 1 aromatic carbocycles. The summed E-state index contributed by atoms with van der Waals surface area (Å²) in [5.74, 6) is 0. The fourth-order valence-electron chi connectivity index (χ4n) is 3.05. The maximum Gasteiger partial charge on any atom is 0.0588 e. The monoisotopic (exact) mass is 244 g/mol. The maximum atomic E-state index is 9.44. The largest absolute Gasteiger partial charge is 0.395 e. The van der Waals surface area contributed by atoms with Gasteiger partial charge in [0.1, 0.15) is 0 Å². The van der Waals surface area contributed by atoms with E-state index in [0.29, 0.717) is 6.04 Å². The molecule has 1 aliphatic heterocycles. The molecule has 0 fully saturated rings. The molecule has 0 radical (unpaired) electrons. The number of aromatic nitrogens is 1. The maximum absolute atomic E-state index is 9.44. The van der Waals surface area contributed by atoms with Crippen LogP contribution in [0.2, 0.25) is 0 Å². The van der Waals surface area contributed by atoms with Crippen molar-refractivity contribution >= 4 is 10.9 Å². The highest BCUT2D eigenvalue weighted by Gasteiger charge is 2.28. The number of nitrogens with one attached hydrogen (secondary N) is 2. The molecule has 1 aromatic heterocycles. The first-order chi connectivity index (χ1) is 8.83. The van der Waals surface area contributed by atoms with E-state index in [9.17, 15) is 5.11 Å². The second-order valence-corrected chi connectivity index (χ2v) is 5.15. The highest BCUT2D eigenvalue weighted by atomic mass is 16.3. The quantitative estimate of drug-likeness (QED) is 0.777. The molecule has 0 saturated heterocycles. The third kappa shape index (κ3) is 1.84. The summed E-state index contributed by atoms with van der Waals surface area (Å²) in [5, 5.41) is 14.3. The summed E-state index contributed by atoms with van der Waals surface area (Å²) < 4.78 is 0. The molecule has 0 spiro atoms. The molecule has 96 valence electrons. The molecule has 0 aliphatic carbocycles. The van der Waals surface area contributed by atoms with Crippen molar-refractivity contribution in [2.24, 2.45) is 0 Å². The summed E-state index contributed by atoms with van der Waals surface area (Å²) in [7, 11) is 0. The molecular formula is C15H20N2O. The van der Waals surface area contributed by atoms with Crippen LogP contribution in [0.3, 0.4) is 0 Å². The Bertz CT molecular complexity index is 546. The number of para-hydroxylation sites is 1. The summed E-state index contributed by atoms with van der Waals surface area (Å²) in [6.07, 6.45) is 3.16. The van der Waals surface area contributed by atoms with Crippen LogP contribution in [0.1, 0.15) is 37.1 Å². The summed E-state index contributed by atoms with van der Waals surface area (Å²) in [5.41, 5.74) is 3.92. The van der Waals surface area contributed by atoms with E-state index in [4.69, 9.17) is 0 Å². The lowest BCUT2D eigenvalue weighted by Crippen LogP contribution is -2.41. The number of H-pyrrole nitrogens is 1. The minimum Gasteiger partial charge on any atom is -0.395 e. The number of hydrogen-bond acceptors (Lipinski definition) is 2. The molecule has 0 unspecified atom stereocenters. The SMILES string of the molecule is CCC[C@H]1N[C@H](CO)Cc2c1[nH]c1ccccc21. The van der Waals surface area contributed by atoms with Crippen molar-refractivity contribution in [1.29, 1.82) is 0 Å². The number of aromatic amines is 1. The van der Waals surface area contributed by atoms with Gasteiger partial charge in [-0.2, -0.15) is 0 Å². The number of hydrogen-bond donors (Lipinski definition) is 3. The smallest absolute Gasteiger partial charge is 0.0588 e. The molecule has 0 amide bonds. The van der Waals surface area contributed by atoms with Crippen molar-refractivity contribution in [2.75, 3.05) is 6.61 Å². The summed E-state index contributed by atoms with van der Waals surface area (Å²) in [6.45, 7) is 2.41. The Morgan fingerprint density at radius 1 is 1.33 bits per heavy atom. The van der Waals surface area contributed by atoms with E-state index in [-0.39, 0.29) is 12.6 Å². The van der Waals surface area contributed by atoms with E-state index < -0.39 is 0 Å². The standard InChI is InChI=1S/C15H20N2O/c1-2-5-14-15-12(8-10(9-18)16-14)11-6-3-4-7-13(11)17-15/h3-4,6-7,10,14,16-18H,2,5,8-9H2,1H3/t10-,14+/m0/s1. The molecule has 2 heterocycles. The van der Waals surface area contributed by atoms with Crippen LogP contribution in [0.25, 0.3) is 10.9 Å². The van der Waals surface area contributed by atoms with Crippen molar-refractivity contribution in [3.8, 4) is 0 Å². The van der Waals surface area contributed by atoms with Gasteiger partial charge in [-0.25, -0.2) is 0 Å². The zero-order chi connectivity index (χ0) is 12.5. The minimum atomic E-state index is 0.188. The average molecular weight is 244 g/mol. The highest BCUT2D eigenvalue weighted by Crippen LogP contribution is 2.33. The van der Waals surface area contributed by atoms with Crippen LogP contribution in [0, 0.1) is 0 Å². The van der Waals surface area contributed by atoms with Crippen LogP contribution in [0.4, 0.5) is 0 Å². The van der Waals surface area contributed by atoms with Crippen LogP contribution in [0.15, 0.2) is 24.3 Å².